The summed E-state index contributed by atoms with van der Waals surface area (Å²) < 4.78 is 25.7. The van der Waals surface area contributed by atoms with E-state index in [1.54, 1.807) is 36.3 Å². The molecule has 0 radical (unpaired) electrons. The van der Waals surface area contributed by atoms with E-state index < -0.39 is 5.82 Å². The summed E-state index contributed by atoms with van der Waals surface area (Å²) in [5.74, 6) is -0.125. The molecule has 1 fully saturated rings. The van der Waals surface area contributed by atoms with E-state index in [4.69, 9.17) is 9.47 Å². The smallest absolute Gasteiger partial charge is 0.255 e. The molecule has 2 amide bonds. The molecule has 2 aliphatic heterocycles. The average Bonchev–Trinajstić information content (AvgIpc) is 3.45. The Balaban J connectivity index is 1.54. The van der Waals surface area contributed by atoms with Crippen LogP contribution < -0.4 is 20.7 Å². The number of amides is 2. The highest BCUT2D eigenvalue weighted by Gasteiger charge is 2.32. The number of aromatic nitrogens is 1. The number of hydrogen-bond acceptors (Lipinski definition) is 7. The van der Waals surface area contributed by atoms with Crippen molar-refractivity contribution in [2.24, 2.45) is 0 Å². The molecule has 3 heterocycles. The van der Waals surface area contributed by atoms with Crippen molar-refractivity contribution in [2.75, 3.05) is 44.0 Å². The summed E-state index contributed by atoms with van der Waals surface area (Å²) in [5, 5.41) is 8.88. The Morgan fingerprint density at radius 3 is 2.85 bits per heavy atom. The van der Waals surface area contributed by atoms with Crippen molar-refractivity contribution in [1.29, 1.82) is 0 Å². The number of hydrogen-bond donors (Lipinski definition) is 3. The highest BCUT2D eigenvalue weighted by atomic mass is 19.1. The Labute approximate surface area is 191 Å². The van der Waals surface area contributed by atoms with Crippen molar-refractivity contribution < 1.29 is 23.5 Å². The van der Waals surface area contributed by atoms with Gasteiger partial charge in [0.1, 0.15) is 18.2 Å². The first-order valence-electron chi connectivity index (χ1n) is 10.7. The number of benzene rings is 1. The van der Waals surface area contributed by atoms with Crippen LogP contribution in [0.25, 0.3) is 0 Å². The van der Waals surface area contributed by atoms with Gasteiger partial charge in [-0.25, -0.2) is 9.37 Å². The van der Waals surface area contributed by atoms with Crippen LogP contribution in [0, 0.1) is 5.82 Å². The number of carbonyl (C=O) groups excluding carboxylic acids is 2. The second kappa shape index (κ2) is 9.86. The molecule has 1 saturated heterocycles. The van der Waals surface area contributed by atoms with E-state index in [0.717, 1.165) is 0 Å². The van der Waals surface area contributed by atoms with E-state index in [9.17, 15) is 9.59 Å². The van der Waals surface area contributed by atoms with Crippen molar-refractivity contribution in [3.05, 3.63) is 53.9 Å². The lowest BCUT2D eigenvalue weighted by Gasteiger charge is -2.18. The Hall–Kier alpha value is -3.66. The van der Waals surface area contributed by atoms with Crippen molar-refractivity contribution in [1.82, 2.24) is 15.2 Å². The fourth-order valence-corrected chi connectivity index (χ4v) is 3.88. The van der Waals surface area contributed by atoms with E-state index in [-0.39, 0.29) is 47.2 Å². The Bertz CT molecular complexity index is 1060. The summed E-state index contributed by atoms with van der Waals surface area (Å²) in [4.78, 5) is 30.3. The van der Waals surface area contributed by atoms with Gasteiger partial charge in [0.15, 0.2) is 11.6 Å². The first-order chi connectivity index (χ1) is 16.0. The lowest BCUT2D eigenvalue weighted by atomic mass is 10.1. The lowest BCUT2D eigenvalue weighted by molar-refractivity contribution is -0.125. The van der Waals surface area contributed by atoms with Crippen LogP contribution in [0.5, 0.6) is 5.75 Å². The average molecular weight is 455 g/mol. The van der Waals surface area contributed by atoms with E-state index in [1.807, 2.05) is 0 Å². The molecule has 0 unspecified atom stereocenters. The molecule has 0 spiro atoms. The summed E-state index contributed by atoms with van der Waals surface area (Å²) in [6.45, 7) is 5.49. The Kier molecular flexibility index (Phi) is 6.74. The van der Waals surface area contributed by atoms with Gasteiger partial charge in [-0.3, -0.25) is 9.59 Å². The number of anilines is 3. The SMILES string of the molecule is C=CC(=O)N1CC[C@@H](Nc2nc(Nc3ccc(OCCOC)cc3)c3c(c2F)CNC3=O)C1. The number of ether oxygens (including phenoxy) is 2. The fraction of sp³-hybridized carbons (Fsp3) is 0.348. The van der Waals surface area contributed by atoms with Crippen LogP contribution in [0.15, 0.2) is 36.9 Å². The molecule has 9 nitrogen and oxygen atoms in total. The van der Waals surface area contributed by atoms with E-state index in [0.29, 0.717) is 44.2 Å². The van der Waals surface area contributed by atoms with Crippen LogP contribution in [-0.4, -0.2) is 61.2 Å². The van der Waals surface area contributed by atoms with Gasteiger partial charge in [-0.1, -0.05) is 6.58 Å². The summed E-state index contributed by atoms with van der Waals surface area (Å²) >= 11 is 0. The van der Waals surface area contributed by atoms with Crippen molar-refractivity contribution in [3.8, 4) is 5.75 Å². The van der Waals surface area contributed by atoms with Gasteiger partial charge in [0, 0.05) is 44.0 Å². The molecule has 1 aromatic carbocycles. The molecule has 10 heteroatoms. The topological polar surface area (TPSA) is 105 Å². The number of nitrogens with one attached hydrogen (secondary N) is 3. The molecule has 0 bridgehead atoms. The minimum Gasteiger partial charge on any atom is -0.491 e. The van der Waals surface area contributed by atoms with Crippen LogP contribution >= 0.6 is 0 Å². The normalized spacial score (nSPS) is 16.8. The number of carbonyl (C=O) groups is 2. The van der Waals surface area contributed by atoms with E-state index in [2.05, 4.69) is 27.5 Å². The molecule has 0 saturated carbocycles. The second-order valence-electron chi connectivity index (χ2n) is 7.77. The van der Waals surface area contributed by atoms with Gasteiger partial charge in [-0.05, 0) is 36.8 Å². The molecule has 1 aromatic heterocycles. The Morgan fingerprint density at radius 1 is 1.33 bits per heavy atom. The third-order valence-corrected chi connectivity index (χ3v) is 5.58. The van der Waals surface area contributed by atoms with Crippen LogP contribution in [0.4, 0.5) is 21.7 Å². The number of nitrogens with zero attached hydrogens (tertiary/aromatic N) is 2. The van der Waals surface area contributed by atoms with Crippen molar-refractivity contribution >= 4 is 29.1 Å². The summed E-state index contributed by atoms with van der Waals surface area (Å²) in [7, 11) is 1.60. The van der Waals surface area contributed by atoms with Gasteiger partial charge in [-0.2, -0.15) is 0 Å². The van der Waals surface area contributed by atoms with Crippen LogP contribution in [0.2, 0.25) is 0 Å². The summed E-state index contributed by atoms with van der Waals surface area (Å²) in [6.07, 6.45) is 1.92. The number of fused-ring (bicyclic) bond motifs is 1. The van der Waals surface area contributed by atoms with E-state index in [1.165, 1.54) is 6.08 Å². The van der Waals surface area contributed by atoms with Crippen molar-refractivity contribution in [3.63, 3.8) is 0 Å². The zero-order valence-electron chi connectivity index (χ0n) is 18.3. The van der Waals surface area contributed by atoms with Crippen LogP contribution in [0.3, 0.4) is 0 Å². The highest BCUT2D eigenvalue weighted by molar-refractivity contribution is 6.03. The maximum Gasteiger partial charge on any atom is 0.255 e. The predicted molar refractivity (Wildman–Crippen MR) is 121 cm³/mol. The van der Waals surface area contributed by atoms with Gasteiger partial charge >= 0.3 is 0 Å². The largest absolute Gasteiger partial charge is 0.491 e. The first kappa shape index (κ1) is 22.5. The maximum atomic E-state index is 15.2. The molecule has 1 atom stereocenters. The third kappa shape index (κ3) is 4.90. The molecule has 0 aliphatic carbocycles. The maximum absolute atomic E-state index is 15.2. The molecular weight excluding hydrogens is 429 g/mol. The van der Waals surface area contributed by atoms with Gasteiger partial charge in [0.25, 0.3) is 5.91 Å². The van der Waals surface area contributed by atoms with Crippen LogP contribution in [0.1, 0.15) is 22.3 Å². The molecule has 3 N–H and O–H groups in total. The van der Waals surface area contributed by atoms with Gasteiger partial charge in [-0.15, -0.1) is 0 Å². The summed E-state index contributed by atoms with van der Waals surface area (Å²) in [5.41, 5.74) is 1.12. The summed E-state index contributed by atoms with van der Waals surface area (Å²) in [6, 6.07) is 6.98. The zero-order valence-corrected chi connectivity index (χ0v) is 18.3. The Morgan fingerprint density at radius 2 is 2.12 bits per heavy atom. The standard InChI is InChI=1S/C23H26FN5O4/c1-3-18(30)29-9-8-15(13-29)27-22-20(24)17-12-25-23(31)19(17)21(28-22)26-14-4-6-16(7-5-14)33-11-10-32-2/h3-7,15H,1,8-13H2,2H3,(H,25,31)(H2,26,27,28)/t15-/m1/s1. The molecular formula is C23H26FN5O4. The minimum absolute atomic E-state index is 0.0465. The van der Waals surface area contributed by atoms with E-state index >= 15 is 4.39 Å². The molecule has 2 aromatic rings. The monoisotopic (exact) mass is 455 g/mol. The molecule has 2 aliphatic rings. The van der Waals surface area contributed by atoms with Gasteiger partial charge in [0.2, 0.25) is 5.91 Å². The molecule has 33 heavy (non-hydrogen) atoms. The van der Waals surface area contributed by atoms with Crippen molar-refractivity contribution in [2.45, 2.75) is 19.0 Å². The number of likely N-dealkylation sites (tertiary alicyclic amines) is 1. The number of methoxy groups -OCH3 is 1. The predicted octanol–water partition coefficient (Wildman–Crippen LogP) is 2.43. The number of pyridine rings is 1. The quantitative estimate of drug-likeness (QED) is 0.394. The third-order valence-electron chi connectivity index (χ3n) is 5.58. The first-order valence-corrected chi connectivity index (χ1v) is 10.7. The lowest BCUT2D eigenvalue weighted by Crippen LogP contribution is -2.30. The second-order valence-corrected chi connectivity index (χ2v) is 7.77. The highest BCUT2D eigenvalue weighted by Crippen LogP contribution is 2.32. The molecule has 174 valence electrons. The molecule has 4 rings (SSSR count). The number of halogens is 1. The zero-order chi connectivity index (χ0) is 23.4. The minimum atomic E-state index is -0.565. The van der Waals surface area contributed by atoms with Crippen LogP contribution in [-0.2, 0) is 16.1 Å². The number of rotatable bonds is 9. The fourth-order valence-electron chi connectivity index (χ4n) is 3.88. The van der Waals surface area contributed by atoms with Gasteiger partial charge in [0.05, 0.1) is 12.2 Å². The van der Waals surface area contributed by atoms with Gasteiger partial charge < -0.3 is 30.3 Å².